The Hall–Kier alpha value is -1.50. The fourth-order valence-electron chi connectivity index (χ4n) is 1.14. The summed E-state index contributed by atoms with van der Waals surface area (Å²) in [6.45, 7) is 6.20. The third-order valence-corrected chi connectivity index (χ3v) is 2.65. The number of ether oxygens (including phenoxy) is 2. The quantitative estimate of drug-likeness (QED) is 0.492. The van der Waals surface area contributed by atoms with Gasteiger partial charge < -0.3 is 9.47 Å². The Bertz CT molecular complexity index is 303. The van der Waals surface area contributed by atoms with Gasteiger partial charge in [-0.3, -0.25) is 9.59 Å². The average molecular weight is 254 g/mol. The maximum Gasteiger partial charge on any atom is 0.307 e. The summed E-state index contributed by atoms with van der Waals surface area (Å²) < 4.78 is 9.84. The van der Waals surface area contributed by atoms with Crippen LogP contribution in [0.5, 0.6) is 0 Å². The number of carbonyl (C=O) groups excluding carboxylic acids is 2. The van der Waals surface area contributed by atoms with Gasteiger partial charge in [0, 0.05) is 0 Å². The van der Waals surface area contributed by atoms with Crippen molar-refractivity contribution in [1.29, 1.82) is 0 Å². The number of esters is 2. The number of terminal acetylenes is 1. The molecule has 0 rings (SSSR count). The topological polar surface area (TPSA) is 52.6 Å². The first kappa shape index (κ1) is 16.5. The highest BCUT2D eigenvalue weighted by Crippen LogP contribution is 2.06. The van der Waals surface area contributed by atoms with Gasteiger partial charge in [0.15, 0.2) is 6.10 Å². The zero-order valence-corrected chi connectivity index (χ0v) is 11.4. The van der Waals surface area contributed by atoms with E-state index >= 15 is 0 Å². The van der Waals surface area contributed by atoms with Crippen molar-refractivity contribution in [3.05, 3.63) is 0 Å². The highest BCUT2D eigenvalue weighted by Gasteiger charge is 2.11. The second-order valence-corrected chi connectivity index (χ2v) is 4.32. The number of hydrogen-bond donors (Lipinski definition) is 0. The van der Waals surface area contributed by atoms with Gasteiger partial charge in [-0.15, -0.1) is 6.42 Å². The Labute approximate surface area is 109 Å². The van der Waals surface area contributed by atoms with Gasteiger partial charge in [0.05, 0.1) is 19.4 Å². The predicted octanol–water partition coefficient (Wildman–Crippen LogP) is 2.31. The van der Waals surface area contributed by atoms with Crippen molar-refractivity contribution >= 4 is 11.9 Å². The molecule has 0 fully saturated rings. The van der Waals surface area contributed by atoms with Crippen LogP contribution in [0.4, 0.5) is 0 Å². The average Bonchev–Trinajstić information content (AvgIpc) is 2.35. The Morgan fingerprint density at radius 1 is 1.22 bits per heavy atom. The molecular weight excluding hydrogens is 232 g/mol. The van der Waals surface area contributed by atoms with Crippen LogP contribution in [-0.4, -0.2) is 24.6 Å². The molecule has 0 aliphatic rings. The van der Waals surface area contributed by atoms with E-state index in [1.54, 1.807) is 6.92 Å². The van der Waals surface area contributed by atoms with Crippen LogP contribution in [0.15, 0.2) is 0 Å². The lowest BCUT2D eigenvalue weighted by Crippen LogP contribution is -2.15. The number of rotatable bonds is 8. The van der Waals surface area contributed by atoms with E-state index in [0.29, 0.717) is 12.5 Å². The summed E-state index contributed by atoms with van der Waals surface area (Å²) in [4.78, 5) is 22.5. The van der Waals surface area contributed by atoms with Gasteiger partial charge in [-0.1, -0.05) is 26.2 Å². The van der Waals surface area contributed by atoms with Crippen LogP contribution in [0.1, 0.15) is 46.5 Å². The maximum absolute atomic E-state index is 11.3. The van der Waals surface area contributed by atoms with Gasteiger partial charge in [0.1, 0.15) is 0 Å². The molecule has 0 spiro atoms. The lowest BCUT2D eigenvalue weighted by Gasteiger charge is -2.09. The Morgan fingerprint density at radius 2 is 1.83 bits per heavy atom. The molecule has 18 heavy (non-hydrogen) atoms. The van der Waals surface area contributed by atoms with Crippen molar-refractivity contribution in [2.75, 3.05) is 6.61 Å². The van der Waals surface area contributed by atoms with Gasteiger partial charge in [-0.2, -0.15) is 0 Å². The third-order valence-electron chi connectivity index (χ3n) is 2.65. The summed E-state index contributed by atoms with van der Waals surface area (Å²) in [5, 5.41) is 0. The van der Waals surface area contributed by atoms with Gasteiger partial charge in [0.2, 0.25) is 0 Å². The molecular formula is C14H22O4. The normalized spacial score (nSPS) is 13.2. The van der Waals surface area contributed by atoms with Gasteiger partial charge in [-0.05, 0) is 19.3 Å². The molecule has 0 amide bonds. The van der Waals surface area contributed by atoms with E-state index in [1.807, 2.05) is 0 Å². The zero-order valence-electron chi connectivity index (χ0n) is 11.4. The van der Waals surface area contributed by atoms with E-state index in [4.69, 9.17) is 15.9 Å². The van der Waals surface area contributed by atoms with Gasteiger partial charge in [0.25, 0.3) is 0 Å². The van der Waals surface area contributed by atoms with Crippen LogP contribution in [-0.2, 0) is 19.1 Å². The fraction of sp³-hybridized carbons (Fsp3) is 0.714. The monoisotopic (exact) mass is 254 g/mol. The van der Waals surface area contributed by atoms with Crippen LogP contribution in [0, 0.1) is 18.3 Å². The predicted molar refractivity (Wildman–Crippen MR) is 68.7 cm³/mol. The summed E-state index contributed by atoms with van der Waals surface area (Å²) in [6.07, 6.45) is 6.47. The largest absolute Gasteiger partial charge is 0.466 e. The van der Waals surface area contributed by atoms with Crippen molar-refractivity contribution < 1.29 is 19.1 Å². The molecule has 102 valence electrons. The minimum absolute atomic E-state index is 0.00812. The van der Waals surface area contributed by atoms with Crippen LogP contribution < -0.4 is 0 Å². The molecule has 0 radical (unpaired) electrons. The second-order valence-electron chi connectivity index (χ2n) is 4.32. The summed E-state index contributed by atoms with van der Waals surface area (Å²) in [6, 6.07) is 0. The molecule has 4 heteroatoms. The molecule has 0 N–H and O–H groups in total. The minimum Gasteiger partial charge on any atom is -0.466 e. The minimum atomic E-state index is -0.557. The van der Waals surface area contributed by atoms with Crippen molar-refractivity contribution in [3.8, 4) is 12.3 Å². The molecule has 2 atom stereocenters. The Balaban J connectivity index is 3.65. The lowest BCUT2D eigenvalue weighted by atomic mass is 10.1. The van der Waals surface area contributed by atoms with Gasteiger partial charge >= 0.3 is 11.9 Å². The highest BCUT2D eigenvalue weighted by molar-refractivity contribution is 5.77. The molecule has 0 bridgehead atoms. The molecule has 0 aliphatic heterocycles. The van der Waals surface area contributed by atoms with Gasteiger partial charge in [-0.25, -0.2) is 0 Å². The van der Waals surface area contributed by atoms with E-state index in [-0.39, 0.29) is 18.8 Å². The van der Waals surface area contributed by atoms with Crippen LogP contribution in [0.2, 0.25) is 0 Å². The summed E-state index contributed by atoms with van der Waals surface area (Å²) in [5.41, 5.74) is 0. The summed E-state index contributed by atoms with van der Waals surface area (Å²) >= 11 is 0. The van der Waals surface area contributed by atoms with Crippen molar-refractivity contribution in [3.63, 3.8) is 0 Å². The lowest BCUT2D eigenvalue weighted by molar-refractivity contribution is -0.151. The van der Waals surface area contributed by atoms with Crippen molar-refractivity contribution in [2.45, 2.75) is 52.6 Å². The standard InChI is InChI=1S/C14H22O4/c1-5-11(3)9-10-17-13(15)7-8-14(16)18-12(4)6-2/h2,11-12H,5,7-10H2,1,3-4H3. The third kappa shape index (κ3) is 8.63. The van der Waals surface area contributed by atoms with Crippen LogP contribution >= 0.6 is 0 Å². The molecule has 0 heterocycles. The molecule has 2 unspecified atom stereocenters. The molecule has 0 aromatic heterocycles. The first-order valence-electron chi connectivity index (χ1n) is 6.30. The molecule has 0 saturated heterocycles. The zero-order chi connectivity index (χ0) is 14.0. The van der Waals surface area contributed by atoms with Crippen LogP contribution in [0.3, 0.4) is 0 Å². The summed E-state index contributed by atoms with van der Waals surface area (Å²) in [5.74, 6) is 1.97. The number of carbonyl (C=O) groups is 2. The molecule has 4 nitrogen and oxygen atoms in total. The van der Waals surface area contributed by atoms with E-state index < -0.39 is 12.1 Å². The second kappa shape index (κ2) is 9.52. The smallest absolute Gasteiger partial charge is 0.307 e. The Morgan fingerprint density at radius 3 is 2.39 bits per heavy atom. The van der Waals surface area contributed by atoms with Crippen molar-refractivity contribution in [1.82, 2.24) is 0 Å². The van der Waals surface area contributed by atoms with E-state index in [9.17, 15) is 9.59 Å². The van der Waals surface area contributed by atoms with Crippen molar-refractivity contribution in [2.24, 2.45) is 5.92 Å². The molecule has 0 saturated carbocycles. The first-order chi connectivity index (χ1) is 8.49. The summed E-state index contributed by atoms with van der Waals surface area (Å²) in [7, 11) is 0. The highest BCUT2D eigenvalue weighted by atomic mass is 16.5. The SMILES string of the molecule is C#CC(C)OC(=O)CCC(=O)OCCC(C)CC. The Kier molecular flexibility index (Phi) is 8.73. The fourth-order valence-corrected chi connectivity index (χ4v) is 1.14. The van der Waals surface area contributed by atoms with E-state index in [1.165, 1.54) is 0 Å². The first-order valence-corrected chi connectivity index (χ1v) is 6.30. The molecule has 0 aromatic rings. The number of hydrogen-bond acceptors (Lipinski definition) is 4. The van der Waals surface area contributed by atoms with E-state index in [0.717, 1.165) is 12.8 Å². The van der Waals surface area contributed by atoms with E-state index in [2.05, 4.69) is 19.8 Å². The van der Waals surface area contributed by atoms with Crippen LogP contribution in [0.25, 0.3) is 0 Å². The molecule has 0 aliphatic carbocycles. The maximum atomic E-state index is 11.3. The molecule has 0 aromatic carbocycles.